The molecule has 0 saturated carbocycles. The zero-order valence-electron chi connectivity index (χ0n) is 10.1. The maximum Gasteiger partial charge on any atom is 0.101 e. The molecule has 1 unspecified atom stereocenters. The first kappa shape index (κ1) is 12.4. The summed E-state index contributed by atoms with van der Waals surface area (Å²) in [7, 11) is 0. The van der Waals surface area contributed by atoms with E-state index in [2.05, 4.69) is 32.2 Å². The minimum atomic E-state index is 0.385. The number of nitrogen functional groups attached to an aromatic ring is 1. The Morgan fingerprint density at radius 1 is 1.44 bits per heavy atom. The highest BCUT2D eigenvalue weighted by molar-refractivity contribution is 5.73. The molecule has 1 aromatic rings. The Morgan fingerprint density at radius 3 is 2.62 bits per heavy atom. The lowest BCUT2D eigenvalue weighted by Crippen LogP contribution is -2.25. The van der Waals surface area contributed by atoms with Gasteiger partial charge in [-0.05, 0) is 24.5 Å². The van der Waals surface area contributed by atoms with Gasteiger partial charge in [0.05, 0.1) is 16.9 Å². The zero-order chi connectivity index (χ0) is 12.1. The van der Waals surface area contributed by atoms with E-state index in [9.17, 15) is 0 Å². The number of para-hydroxylation sites is 1. The molecule has 3 nitrogen and oxygen atoms in total. The standard InChI is InChI=1S/C13H19N3/c1-4-11(9(2)3)16-12-7-5-6-10(8-14)13(12)15/h5-7,9,11,16H,4,15H2,1-3H3. The van der Waals surface area contributed by atoms with Crippen LogP contribution >= 0.6 is 0 Å². The molecule has 0 bridgehead atoms. The predicted octanol–water partition coefficient (Wildman–Crippen LogP) is 2.99. The van der Waals surface area contributed by atoms with Crippen molar-refractivity contribution in [1.29, 1.82) is 5.26 Å². The van der Waals surface area contributed by atoms with E-state index < -0.39 is 0 Å². The van der Waals surface area contributed by atoms with Crippen molar-refractivity contribution in [3.05, 3.63) is 23.8 Å². The number of nitrogens with zero attached hydrogens (tertiary/aromatic N) is 1. The smallest absolute Gasteiger partial charge is 0.101 e. The summed E-state index contributed by atoms with van der Waals surface area (Å²) in [5, 5.41) is 12.3. The van der Waals surface area contributed by atoms with Crippen LogP contribution in [0.1, 0.15) is 32.8 Å². The largest absolute Gasteiger partial charge is 0.396 e. The molecule has 0 radical (unpaired) electrons. The minimum Gasteiger partial charge on any atom is -0.396 e. The number of benzene rings is 1. The van der Waals surface area contributed by atoms with Crippen molar-refractivity contribution >= 4 is 11.4 Å². The number of nitriles is 1. The molecule has 0 aliphatic rings. The summed E-state index contributed by atoms with van der Waals surface area (Å²) >= 11 is 0. The Kier molecular flexibility index (Phi) is 4.19. The first-order chi connectivity index (χ1) is 7.60. The molecule has 16 heavy (non-hydrogen) atoms. The van der Waals surface area contributed by atoms with Crippen LogP contribution in [-0.4, -0.2) is 6.04 Å². The van der Waals surface area contributed by atoms with Crippen molar-refractivity contribution in [2.75, 3.05) is 11.1 Å². The van der Waals surface area contributed by atoms with Crippen molar-refractivity contribution in [2.45, 2.75) is 33.2 Å². The normalized spacial score (nSPS) is 12.2. The molecule has 0 aromatic heterocycles. The van der Waals surface area contributed by atoms with Crippen molar-refractivity contribution in [3.8, 4) is 6.07 Å². The van der Waals surface area contributed by atoms with E-state index in [4.69, 9.17) is 11.0 Å². The summed E-state index contributed by atoms with van der Waals surface area (Å²) in [6.45, 7) is 6.49. The van der Waals surface area contributed by atoms with Crippen LogP contribution in [0.25, 0.3) is 0 Å². The molecule has 3 heteroatoms. The second-order valence-corrected chi connectivity index (χ2v) is 4.28. The average molecular weight is 217 g/mol. The van der Waals surface area contributed by atoms with Crippen LogP contribution in [0.2, 0.25) is 0 Å². The van der Waals surface area contributed by atoms with E-state index in [1.165, 1.54) is 0 Å². The number of rotatable bonds is 4. The molecule has 0 aliphatic heterocycles. The van der Waals surface area contributed by atoms with Gasteiger partial charge in [0.25, 0.3) is 0 Å². The molecule has 0 heterocycles. The van der Waals surface area contributed by atoms with Crippen molar-refractivity contribution in [2.24, 2.45) is 5.92 Å². The summed E-state index contributed by atoms with van der Waals surface area (Å²) in [5.74, 6) is 0.537. The number of hydrogen-bond donors (Lipinski definition) is 2. The molecule has 1 atom stereocenters. The molecule has 86 valence electrons. The van der Waals surface area contributed by atoms with Gasteiger partial charge in [-0.3, -0.25) is 0 Å². The highest BCUT2D eigenvalue weighted by Gasteiger charge is 2.12. The lowest BCUT2D eigenvalue weighted by atomic mass is 10.0. The summed E-state index contributed by atoms with van der Waals surface area (Å²) in [6.07, 6.45) is 1.04. The first-order valence-electron chi connectivity index (χ1n) is 5.65. The number of anilines is 2. The van der Waals surface area contributed by atoms with Gasteiger partial charge in [0.15, 0.2) is 0 Å². The molecule has 0 saturated heterocycles. The van der Waals surface area contributed by atoms with Crippen LogP contribution in [0.3, 0.4) is 0 Å². The number of hydrogen-bond acceptors (Lipinski definition) is 3. The maximum absolute atomic E-state index is 8.89. The first-order valence-corrected chi connectivity index (χ1v) is 5.65. The quantitative estimate of drug-likeness (QED) is 0.762. The van der Waals surface area contributed by atoms with E-state index >= 15 is 0 Å². The highest BCUT2D eigenvalue weighted by Crippen LogP contribution is 2.24. The van der Waals surface area contributed by atoms with Gasteiger partial charge in [-0.2, -0.15) is 5.26 Å². The van der Waals surface area contributed by atoms with Gasteiger partial charge < -0.3 is 11.1 Å². The number of nitrogens with one attached hydrogen (secondary N) is 1. The topological polar surface area (TPSA) is 61.8 Å². The molecule has 0 aliphatic carbocycles. The Hall–Kier alpha value is -1.69. The summed E-state index contributed by atoms with van der Waals surface area (Å²) in [5.41, 5.74) is 7.85. The lowest BCUT2D eigenvalue weighted by Gasteiger charge is -2.23. The van der Waals surface area contributed by atoms with Gasteiger partial charge >= 0.3 is 0 Å². The van der Waals surface area contributed by atoms with Crippen LogP contribution in [0.4, 0.5) is 11.4 Å². The molecule has 0 spiro atoms. The van der Waals surface area contributed by atoms with Crippen molar-refractivity contribution in [3.63, 3.8) is 0 Å². The molecular formula is C13H19N3. The third-order valence-corrected chi connectivity index (χ3v) is 2.81. The Labute approximate surface area is 97.3 Å². The van der Waals surface area contributed by atoms with Gasteiger partial charge in [0.1, 0.15) is 6.07 Å². The molecular weight excluding hydrogens is 198 g/mol. The molecule has 3 N–H and O–H groups in total. The van der Waals surface area contributed by atoms with Gasteiger partial charge in [0.2, 0.25) is 0 Å². The van der Waals surface area contributed by atoms with Gasteiger partial charge in [-0.25, -0.2) is 0 Å². The monoisotopic (exact) mass is 217 g/mol. The fraction of sp³-hybridized carbons (Fsp3) is 0.462. The van der Waals surface area contributed by atoms with Crippen molar-refractivity contribution < 1.29 is 0 Å². The van der Waals surface area contributed by atoms with E-state index in [1.54, 1.807) is 6.07 Å². The SMILES string of the molecule is CCC(Nc1cccc(C#N)c1N)C(C)C. The van der Waals surface area contributed by atoms with Gasteiger partial charge in [-0.15, -0.1) is 0 Å². The predicted molar refractivity (Wildman–Crippen MR) is 68.1 cm³/mol. The fourth-order valence-electron chi connectivity index (χ4n) is 1.73. The summed E-state index contributed by atoms with van der Waals surface area (Å²) in [6, 6.07) is 7.98. The highest BCUT2D eigenvalue weighted by atomic mass is 14.9. The van der Waals surface area contributed by atoms with Crippen LogP contribution in [0.5, 0.6) is 0 Å². The van der Waals surface area contributed by atoms with E-state index in [0.717, 1.165) is 12.1 Å². The number of nitrogens with two attached hydrogens (primary N) is 1. The molecule has 1 rings (SSSR count). The van der Waals surface area contributed by atoms with Crippen LogP contribution in [-0.2, 0) is 0 Å². The van der Waals surface area contributed by atoms with Gasteiger partial charge in [0, 0.05) is 6.04 Å². The molecule has 1 aromatic carbocycles. The maximum atomic E-state index is 8.89. The summed E-state index contributed by atoms with van der Waals surface area (Å²) < 4.78 is 0. The second kappa shape index (κ2) is 5.41. The Balaban J connectivity index is 2.93. The second-order valence-electron chi connectivity index (χ2n) is 4.28. The van der Waals surface area contributed by atoms with Crippen molar-refractivity contribution in [1.82, 2.24) is 0 Å². The van der Waals surface area contributed by atoms with Crippen LogP contribution in [0, 0.1) is 17.2 Å². The Morgan fingerprint density at radius 2 is 2.12 bits per heavy atom. The minimum absolute atomic E-state index is 0.385. The summed E-state index contributed by atoms with van der Waals surface area (Å²) in [4.78, 5) is 0. The zero-order valence-corrected chi connectivity index (χ0v) is 10.1. The van der Waals surface area contributed by atoms with Crippen LogP contribution < -0.4 is 11.1 Å². The Bertz CT molecular complexity index is 391. The molecule has 0 amide bonds. The fourth-order valence-corrected chi connectivity index (χ4v) is 1.73. The van der Waals surface area contributed by atoms with E-state index in [1.807, 2.05) is 12.1 Å². The average Bonchev–Trinajstić information content (AvgIpc) is 2.27. The van der Waals surface area contributed by atoms with E-state index in [-0.39, 0.29) is 0 Å². The van der Waals surface area contributed by atoms with Crippen LogP contribution in [0.15, 0.2) is 18.2 Å². The third-order valence-electron chi connectivity index (χ3n) is 2.81. The molecule has 0 fully saturated rings. The van der Waals surface area contributed by atoms with Gasteiger partial charge in [-0.1, -0.05) is 26.8 Å². The third kappa shape index (κ3) is 2.66. The lowest BCUT2D eigenvalue weighted by molar-refractivity contribution is 0.511. The van der Waals surface area contributed by atoms with E-state index in [0.29, 0.717) is 23.2 Å².